The Balaban J connectivity index is 1.39. The molecule has 2 heterocycles. The number of ether oxygens (including phenoxy) is 1. The van der Waals surface area contributed by atoms with Crippen LogP contribution in [0.3, 0.4) is 0 Å². The third kappa shape index (κ3) is 7.76. The van der Waals surface area contributed by atoms with E-state index in [1.54, 1.807) is 4.90 Å². The second-order valence-corrected chi connectivity index (χ2v) is 9.10. The van der Waals surface area contributed by atoms with E-state index in [1.807, 2.05) is 24.8 Å². The standard InChI is InChI=1S/C21H31F3N4O2S/c1-17-15-18(27-10-13-31-14-11-27)3-4-19(17)25-20(29)28-8-6-26(7-9-28)5-2-12-30-16-21(22,23)24/h3-4,15H,2,5-14,16H2,1H3,(H,25,29). The van der Waals surface area contributed by atoms with E-state index in [2.05, 4.69) is 32.0 Å². The quantitative estimate of drug-likeness (QED) is 0.630. The lowest BCUT2D eigenvalue weighted by Gasteiger charge is -2.34. The highest BCUT2D eigenvalue weighted by molar-refractivity contribution is 7.99. The molecule has 0 atom stereocenters. The van der Waals surface area contributed by atoms with Gasteiger partial charge in [-0.1, -0.05) is 0 Å². The molecule has 0 radical (unpaired) electrons. The number of halogens is 3. The number of thioether (sulfide) groups is 1. The molecular formula is C21H31F3N4O2S. The van der Waals surface area contributed by atoms with Crippen molar-refractivity contribution in [3.8, 4) is 0 Å². The van der Waals surface area contributed by atoms with Crippen molar-refractivity contribution < 1.29 is 22.7 Å². The first-order valence-electron chi connectivity index (χ1n) is 10.7. The topological polar surface area (TPSA) is 48.1 Å². The summed E-state index contributed by atoms with van der Waals surface area (Å²) in [5, 5.41) is 3.02. The van der Waals surface area contributed by atoms with Crippen LogP contribution in [0.25, 0.3) is 0 Å². The molecule has 2 aliphatic heterocycles. The van der Waals surface area contributed by atoms with E-state index in [0.29, 0.717) is 39.1 Å². The van der Waals surface area contributed by atoms with Crippen LogP contribution >= 0.6 is 11.8 Å². The molecule has 2 amide bonds. The zero-order chi connectivity index (χ0) is 22.3. The second kappa shape index (κ2) is 11.3. The first kappa shape index (κ1) is 24.0. The van der Waals surface area contributed by atoms with Gasteiger partial charge in [-0.2, -0.15) is 24.9 Å². The van der Waals surface area contributed by atoms with E-state index in [-0.39, 0.29) is 12.6 Å². The molecule has 1 aromatic carbocycles. The van der Waals surface area contributed by atoms with Gasteiger partial charge in [0.2, 0.25) is 0 Å². The maximum absolute atomic E-state index is 12.7. The van der Waals surface area contributed by atoms with Crippen LogP contribution in [0.2, 0.25) is 0 Å². The summed E-state index contributed by atoms with van der Waals surface area (Å²) in [5.41, 5.74) is 3.06. The van der Waals surface area contributed by atoms with Crippen LogP contribution in [-0.2, 0) is 4.74 Å². The van der Waals surface area contributed by atoms with Gasteiger partial charge in [0.05, 0.1) is 0 Å². The Kier molecular flexibility index (Phi) is 8.74. The Morgan fingerprint density at radius 2 is 1.84 bits per heavy atom. The molecule has 0 aromatic heterocycles. The van der Waals surface area contributed by atoms with E-state index in [4.69, 9.17) is 0 Å². The summed E-state index contributed by atoms with van der Waals surface area (Å²) < 4.78 is 40.8. The Morgan fingerprint density at radius 3 is 2.48 bits per heavy atom. The maximum atomic E-state index is 12.7. The Morgan fingerprint density at radius 1 is 1.13 bits per heavy atom. The number of urea groups is 1. The summed E-state index contributed by atoms with van der Waals surface area (Å²) >= 11 is 1.98. The minimum absolute atomic E-state index is 0.0890. The highest BCUT2D eigenvalue weighted by Crippen LogP contribution is 2.25. The van der Waals surface area contributed by atoms with Crippen molar-refractivity contribution in [2.24, 2.45) is 0 Å². The normalized spacial score (nSPS) is 18.3. The van der Waals surface area contributed by atoms with E-state index >= 15 is 0 Å². The molecule has 10 heteroatoms. The molecule has 1 aromatic rings. The summed E-state index contributed by atoms with van der Waals surface area (Å²) in [5.74, 6) is 2.29. The summed E-state index contributed by atoms with van der Waals surface area (Å²) in [6.07, 6.45) is -3.73. The average molecular weight is 461 g/mol. The Labute approximate surface area is 186 Å². The lowest BCUT2D eigenvalue weighted by atomic mass is 10.1. The molecule has 0 aliphatic carbocycles. The molecule has 0 spiro atoms. The SMILES string of the molecule is Cc1cc(N2CCSCC2)ccc1NC(=O)N1CCN(CCCOCC(F)(F)F)CC1. The summed E-state index contributed by atoms with van der Waals surface area (Å²) in [6.45, 7) is 6.28. The number of anilines is 2. The fraction of sp³-hybridized carbons (Fsp3) is 0.667. The van der Waals surface area contributed by atoms with Gasteiger partial charge in [-0.25, -0.2) is 4.79 Å². The predicted molar refractivity (Wildman–Crippen MR) is 119 cm³/mol. The van der Waals surface area contributed by atoms with E-state index in [9.17, 15) is 18.0 Å². The van der Waals surface area contributed by atoms with Gasteiger partial charge in [-0.05, 0) is 37.1 Å². The number of aryl methyl sites for hydroxylation is 1. The minimum Gasteiger partial charge on any atom is -0.372 e. The Bertz CT molecular complexity index is 721. The molecule has 2 aliphatic rings. The van der Waals surface area contributed by atoms with Crippen molar-refractivity contribution in [1.29, 1.82) is 0 Å². The third-order valence-electron chi connectivity index (χ3n) is 5.52. The van der Waals surface area contributed by atoms with Crippen molar-refractivity contribution in [1.82, 2.24) is 9.80 Å². The van der Waals surface area contributed by atoms with E-state index in [1.165, 1.54) is 5.69 Å². The number of carbonyl (C=O) groups excluding carboxylic acids is 1. The molecule has 0 saturated carbocycles. The minimum atomic E-state index is -4.27. The Hall–Kier alpha value is -1.65. The molecule has 0 bridgehead atoms. The fourth-order valence-electron chi connectivity index (χ4n) is 3.75. The van der Waals surface area contributed by atoms with Gasteiger partial charge in [0.25, 0.3) is 0 Å². The molecular weight excluding hydrogens is 429 g/mol. The predicted octanol–water partition coefficient (Wildman–Crippen LogP) is 3.67. The first-order chi connectivity index (χ1) is 14.8. The van der Waals surface area contributed by atoms with Crippen LogP contribution in [0.4, 0.5) is 29.3 Å². The van der Waals surface area contributed by atoms with Crippen LogP contribution in [0.15, 0.2) is 18.2 Å². The summed E-state index contributed by atoms with van der Waals surface area (Å²) in [4.78, 5) is 19.0. The number of hydrogen-bond acceptors (Lipinski definition) is 5. The van der Waals surface area contributed by atoms with Crippen molar-refractivity contribution in [3.63, 3.8) is 0 Å². The molecule has 2 fully saturated rings. The summed E-state index contributed by atoms with van der Waals surface area (Å²) in [6, 6.07) is 6.06. The highest BCUT2D eigenvalue weighted by atomic mass is 32.2. The first-order valence-corrected chi connectivity index (χ1v) is 11.8. The number of rotatable bonds is 7. The molecule has 0 unspecified atom stereocenters. The molecule has 2 saturated heterocycles. The highest BCUT2D eigenvalue weighted by Gasteiger charge is 2.27. The zero-order valence-electron chi connectivity index (χ0n) is 17.9. The molecule has 174 valence electrons. The molecule has 6 nitrogen and oxygen atoms in total. The monoisotopic (exact) mass is 460 g/mol. The van der Waals surface area contributed by atoms with Crippen LogP contribution in [0.1, 0.15) is 12.0 Å². The fourth-order valence-corrected chi connectivity index (χ4v) is 4.66. The lowest BCUT2D eigenvalue weighted by Crippen LogP contribution is -2.50. The van der Waals surface area contributed by atoms with Crippen molar-refractivity contribution in [2.75, 3.05) is 80.7 Å². The maximum Gasteiger partial charge on any atom is 0.411 e. The van der Waals surface area contributed by atoms with Crippen LogP contribution in [-0.4, -0.2) is 92.5 Å². The van der Waals surface area contributed by atoms with Crippen LogP contribution in [0, 0.1) is 6.92 Å². The van der Waals surface area contributed by atoms with Gasteiger partial charge in [0.1, 0.15) is 6.61 Å². The van der Waals surface area contributed by atoms with Gasteiger partial charge in [0.15, 0.2) is 0 Å². The van der Waals surface area contributed by atoms with Crippen molar-refractivity contribution >= 4 is 29.2 Å². The van der Waals surface area contributed by atoms with Crippen LogP contribution < -0.4 is 10.2 Å². The van der Waals surface area contributed by atoms with Gasteiger partial charge < -0.3 is 19.9 Å². The number of alkyl halides is 3. The molecule has 3 rings (SSSR count). The van der Waals surface area contributed by atoms with E-state index < -0.39 is 12.8 Å². The van der Waals surface area contributed by atoms with Crippen molar-refractivity contribution in [2.45, 2.75) is 19.5 Å². The van der Waals surface area contributed by atoms with E-state index in [0.717, 1.165) is 35.8 Å². The number of benzene rings is 1. The average Bonchev–Trinajstić information content (AvgIpc) is 2.75. The summed E-state index contributed by atoms with van der Waals surface area (Å²) in [7, 11) is 0. The van der Waals surface area contributed by atoms with Gasteiger partial charge in [-0.15, -0.1) is 0 Å². The molecule has 31 heavy (non-hydrogen) atoms. The smallest absolute Gasteiger partial charge is 0.372 e. The number of hydrogen-bond donors (Lipinski definition) is 1. The lowest BCUT2D eigenvalue weighted by molar-refractivity contribution is -0.174. The number of carbonyl (C=O) groups is 1. The number of piperazine rings is 1. The second-order valence-electron chi connectivity index (χ2n) is 7.88. The molecule has 1 N–H and O–H groups in total. The third-order valence-corrected chi connectivity index (χ3v) is 6.46. The van der Waals surface area contributed by atoms with Gasteiger partial charge in [0, 0.05) is 75.3 Å². The largest absolute Gasteiger partial charge is 0.411 e. The van der Waals surface area contributed by atoms with Gasteiger partial charge in [-0.3, -0.25) is 4.90 Å². The number of nitrogens with one attached hydrogen (secondary N) is 1. The number of amides is 2. The number of nitrogens with zero attached hydrogens (tertiary/aromatic N) is 3. The van der Waals surface area contributed by atoms with Crippen LogP contribution in [0.5, 0.6) is 0 Å². The van der Waals surface area contributed by atoms with Gasteiger partial charge >= 0.3 is 12.2 Å². The zero-order valence-corrected chi connectivity index (χ0v) is 18.7. The van der Waals surface area contributed by atoms with Crippen molar-refractivity contribution in [3.05, 3.63) is 23.8 Å².